The summed E-state index contributed by atoms with van der Waals surface area (Å²) in [7, 11) is -3.60. The van der Waals surface area contributed by atoms with Gasteiger partial charge in [0.05, 0.1) is 11.8 Å². The van der Waals surface area contributed by atoms with E-state index < -0.39 is 21.4 Å². The summed E-state index contributed by atoms with van der Waals surface area (Å²) in [5.41, 5.74) is 2.65. The maximum atomic E-state index is 12.7. The molecule has 0 amide bonds. The van der Waals surface area contributed by atoms with Crippen molar-refractivity contribution in [3.63, 3.8) is 0 Å². The van der Waals surface area contributed by atoms with Crippen molar-refractivity contribution in [1.82, 2.24) is 0 Å². The Morgan fingerprint density at radius 3 is 2.38 bits per heavy atom. The van der Waals surface area contributed by atoms with Crippen LogP contribution >= 0.6 is 0 Å². The van der Waals surface area contributed by atoms with E-state index in [1.165, 1.54) is 0 Å². The maximum Gasteiger partial charge on any atom is 0.238 e. The van der Waals surface area contributed by atoms with Crippen LogP contribution in [0, 0.1) is 0 Å². The summed E-state index contributed by atoms with van der Waals surface area (Å²) < 4.78 is 28.1. The Bertz CT molecular complexity index is 774. The highest BCUT2D eigenvalue weighted by Gasteiger charge is 2.34. The number of para-hydroxylation sites is 1. The third kappa shape index (κ3) is 3.97. The lowest BCUT2D eigenvalue weighted by molar-refractivity contribution is 0.133. The first-order chi connectivity index (χ1) is 11.6. The average molecular weight is 345 g/mol. The third-order valence-electron chi connectivity index (χ3n) is 4.57. The topological polar surface area (TPSA) is 66.4 Å². The van der Waals surface area contributed by atoms with E-state index in [0.717, 1.165) is 24.0 Å². The van der Waals surface area contributed by atoms with Crippen molar-refractivity contribution in [3.8, 4) is 0 Å². The van der Waals surface area contributed by atoms with Crippen molar-refractivity contribution >= 4 is 15.7 Å². The van der Waals surface area contributed by atoms with Crippen molar-refractivity contribution in [1.29, 1.82) is 0 Å². The van der Waals surface area contributed by atoms with E-state index in [9.17, 15) is 13.5 Å². The molecule has 3 rings (SSSR count). The van der Waals surface area contributed by atoms with Gasteiger partial charge in [0.1, 0.15) is 5.25 Å². The van der Waals surface area contributed by atoms with Gasteiger partial charge in [-0.3, -0.25) is 4.72 Å². The number of nitrogens with one attached hydrogen (secondary N) is 1. The predicted molar refractivity (Wildman–Crippen MR) is 96.5 cm³/mol. The molecule has 2 aromatic carbocycles. The molecule has 0 spiro atoms. The molecule has 0 bridgehead atoms. The molecule has 0 heterocycles. The molecular formula is C19H23NO3S. The van der Waals surface area contributed by atoms with Gasteiger partial charge in [0.25, 0.3) is 0 Å². The molecule has 1 fully saturated rings. The number of rotatable bonds is 5. The summed E-state index contributed by atoms with van der Waals surface area (Å²) in [5, 5.41) is 9.34. The number of sulfonamides is 1. The van der Waals surface area contributed by atoms with Gasteiger partial charge in [-0.15, -0.1) is 0 Å². The molecule has 1 aliphatic rings. The number of hydrogen-bond acceptors (Lipinski definition) is 3. The molecule has 128 valence electrons. The monoisotopic (exact) mass is 345 g/mol. The molecular weight excluding hydrogens is 322 g/mol. The first-order valence-corrected chi connectivity index (χ1v) is 9.92. The lowest BCUT2D eigenvalue weighted by Gasteiger charge is -2.28. The highest BCUT2D eigenvalue weighted by atomic mass is 32.2. The lowest BCUT2D eigenvalue weighted by atomic mass is 9.97. The number of anilines is 1. The van der Waals surface area contributed by atoms with Crippen molar-refractivity contribution in [3.05, 3.63) is 65.7 Å². The van der Waals surface area contributed by atoms with Crippen LogP contribution in [0.25, 0.3) is 0 Å². The highest BCUT2D eigenvalue weighted by molar-refractivity contribution is 7.93. The molecule has 0 aliphatic heterocycles. The second-order valence-corrected chi connectivity index (χ2v) is 8.26. The highest BCUT2D eigenvalue weighted by Crippen LogP contribution is 2.27. The normalized spacial score (nSPS) is 21.4. The van der Waals surface area contributed by atoms with E-state index in [0.29, 0.717) is 24.9 Å². The minimum atomic E-state index is -3.60. The standard InChI is InChI=1S/C19H23NO3S/c21-18-12-6-7-13-19(18)24(22,23)20-17-11-5-4-10-16(17)14-15-8-2-1-3-9-15/h1-5,8-11,18-21H,6-7,12-14H2. The van der Waals surface area contributed by atoms with Crippen LogP contribution < -0.4 is 4.72 Å². The molecule has 2 atom stereocenters. The molecule has 2 aromatic rings. The van der Waals surface area contributed by atoms with Gasteiger partial charge in [-0.1, -0.05) is 61.4 Å². The van der Waals surface area contributed by atoms with Crippen LogP contribution in [0.2, 0.25) is 0 Å². The Morgan fingerprint density at radius 2 is 1.62 bits per heavy atom. The van der Waals surface area contributed by atoms with E-state index in [-0.39, 0.29) is 0 Å². The van der Waals surface area contributed by atoms with Crippen molar-refractivity contribution in [2.75, 3.05) is 4.72 Å². The first kappa shape index (κ1) is 17.0. The zero-order valence-electron chi connectivity index (χ0n) is 13.6. The summed E-state index contributed by atoms with van der Waals surface area (Å²) in [6.07, 6.45) is 2.67. The Hall–Kier alpha value is -1.85. The molecule has 0 radical (unpaired) electrons. The average Bonchev–Trinajstić information content (AvgIpc) is 2.57. The number of hydrogen-bond donors (Lipinski definition) is 2. The van der Waals surface area contributed by atoms with Crippen LogP contribution in [0.15, 0.2) is 54.6 Å². The largest absolute Gasteiger partial charge is 0.392 e. The quantitative estimate of drug-likeness (QED) is 0.873. The van der Waals surface area contributed by atoms with Crippen molar-refractivity contribution in [2.24, 2.45) is 0 Å². The van der Waals surface area contributed by atoms with Gasteiger partial charge < -0.3 is 5.11 Å². The van der Waals surface area contributed by atoms with Crippen LogP contribution in [0.5, 0.6) is 0 Å². The van der Waals surface area contributed by atoms with Gasteiger partial charge in [-0.05, 0) is 36.5 Å². The summed E-state index contributed by atoms with van der Waals surface area (Å²) >= 11 is 0. The molecule has 2 N–H and O–H groups in total. The molecule has 0 saturated heterocycles. The molecule has 24 heavy (non-hydrogen) atoms. The molecule has 0 aromatic heterocycles. The first-order valence-electron chi connectivity index (χ1n) is 8.38. The molecule has 5 heteroatoms. The van der Waals surface area contributed by atoms with Crippen LogP contribution in [0.1, 0.15) is 36.8 Å². The summed E-state index contributed by atoms with van der Waals surface area (Å²) in [4.78, 5) is 0. The minimum Gasteiger partial charge on any atom is -0.392 e. The lowest BCUT2D eigenvalue weighted by Crippen LogP contribution is -2.40. The van der Waals surface area contributed by atoms with E-state index in [2.05, 4.69) is 4.72 Å². The zero-order valence-corrected chi connectivity index (χ0v) is 14.4. The van der Waals surface area contributed by atoms with Gasteiger partial charge in [-0.25, -0.2) is 8.42 Å². The Kier molecular flexibility index (Phi) is 5.21. The maximum absolute atomic E-state index is 12.7. The molecule has 1 aliphatic carbocycles. The van der Waals surface area contributed by atoms with Gasteiger partial charge >= 0.3 is 0 Å². The fourth-order valence-corrected chi connectivity index (χ4v) is 4.94. The fourth-order valence-electron chi connectivity index (χ4n) is 3.26. The van der Waals surface area contributed by atoms with Crippen molar-refractivity contribution < 1.29 is 13.5 Å². The second kappa shape index (κ2) is 7.36. The van der Waals surface area contributed by atoms with Gasteiger partial charge in [0.15, 0.2) is 0 Å². The van der Waals surface area contributed by atoms with Crippen LogP contribution in [-0.2, 0) is 16.4 Å². The number of aliphatic hydroxyl groups excluding tert-OH is 1. The Labute approximate surface area is 143 Å². The third-order valence-corrected chi connectivity index (χ3v) is 6.42. The fraction of sp³-hybridized carbons (Fsp3) is 0.368. The molecule has 2 unspecified atom stereocenters. The Balaban J connectivity index is 1.82. The van der Waals surface area contributed by atoms with E-state index >= 15 is 0 Å². The van der Waals surface area contributed by atoms with Crippen LogP contribution in [0.3, 0.4) is 0 Å². The van der Waals surface area contributed by atoms with Crippen molar-refractivity contribution in [2.45, 2.75) is 43.5 Å². The summed E-state index contributed by atoms with van der Waals surface area (Å²) in [5.74, 6) is 0. The van der Waals surface area contributed by atoms with Gasteiger partial charge in [0, 0.05) is 0 Å². The SMILES string of the molecule is O=S(=O)(Nc1ccccc1Cc1ccccc1)C1CCCCC1O. The van der Waals surface area contributed by atoms with E-state index in [4.69, 9.17) is 0 Å². The Morgan fingerprint density at radius 1 is 0.958 bits per heavy atom. The van der Waals surface area contributed by atoms with Gasteiger partial charge in [0.2, 0.25) is 10.0 Å². The minimum absolute atomic E-state index is 0.511. The summed E-state index contributed by atoms with van der Waals surface area (Å²) in [6, 6.07) is 17.4. The summed E-state index contributed by atoms with van der Waals surface area (Å²) in [6.45, 7) is 0. The van der Waals surface area contributed by atoms with Crippen LogP contribution in [-0.4, -0.2) is 24.9 Å². The van der Waals surface area contributed by atoms with E-state index in [1.54, 1.807) is 6.07 Å². The second-order valence-electron chi connectivity index (χ2n) is 6.36. The number of aliphatic hydroxyl groups is 1. The van der Waals surface area contributed by atoms with E-state index in [1.807, 2.05) is 48.5 Å². The number of benzene rings is 2. The smallest absolute Gasteiger partial charge is 0.238 e. The predicted octanol–water partition coefficient (Wildman–Crippen LogP) is 3.32. The molecule has 1 saturated carbocycles. The van der Waals surface area contributed by atoms with Gasteiger partial charge in [-0.2, -0.15) is 0 Å². The zero-order chi connectivity index (χ0) is 17.0. The van der Waals surface area contributed by atoms with Crippen LogP contribution in [0.4, 0.5) is 5.69 Å². The molecule has 4 nitrogen and oxygen atoms in total.